The molecular weight excluding hydrogens is 466 g/mol. The molecule has 1 heterocycles. The predicted molar refractivity (Wildman–Crippen MR) is 125 cm³/mol. The van der Waals surface area contributed by atoms with Crippen molar-refractivity contribution in [2.24, 2.45) is 5.92 Å². The Bertz CT molecular complexity index is 1130. The lowest BCUT2D eigenvalue weighted by Crippen LogP contribution is -2.30. The van der Waals surface area contributed by atoms with Crippen molar-refractivity contribution in [2.45, 2.75) is 57.8 Å². The summed E-state index contributed by atoms with van der Waals surface area (Å²) < 4.78 is 79.8. The molecule has 0 amide bonds. The van der Waals surface area contributed by atoms with E-state index in [0.717, 1.165) is 60.3 Å². The minimum Gasteiger partial charge on any atom is -0.356 e. The highest BCUT2D eigenvalue weighted by atomic mass is 19.4. The quantitative estimate of drug-likeness (QED) is 0.309. The average molecular weight is 495 g/mol. The van der Waals surface area contributed by atoms with Gasteiger partial charge in [0.15, 0.2) is 0 Å². The van der Waals surface area contributed by atoms with Gasteiger partial charge in [-0.3, -0.25) is 0 Å². The minimum atomic E-state index is -4.86. The number of fused-ring (bicyclic) bond motifs is 1. The molecule has 0 atom stereocenters. The summed E-state index contributed by atoms with van der Waals surface area (Å²) in [5.41, 5.74) is -0.916. The number of aryl methyl sites for hydroxylation is 2. The Labute approximate surface area is 201 Å². The smallest absolute Gasteiger partial charge is 0.356 e. The molecule has 2 aromatic carbocycles. The second-order valence-electron chi connectivity index (χ2n) is 9.27. The number of hydrogen-bond donors (Lipinski definition) is 0. The fourth-order valence-electron chi connectivity index (χ4n) is 4.92. The zero-order valence-electron chi connectivity index (χ0n) is 19.5. The van der Waals surface area contributed by atoms with Gasteiger partial charge in [0.25, 0.3) is 0 Å². The normalized spacial score (nSPS) is 15.2. The van der Waals surface area contributed by atoms with Gasteiger partial charge in [0.2, 0.25) is 0 Å². The maximum Gasteiger partial charge on any atom is 0.416 e. The van der Waals surface area contributed by atoms with Crippen LogP contribution in [0.5, 0.6) is 0 Å². The topological polar surface area (TPSA) is 16.1 Å². The van der Waals surface area contributed by atoms with Crippen LogP contribution in [0.3, 0.4) is 0 Å². The van der Waals surface area contributed by atoms with Crippen molar-refractivity contribution < 1.29 is 26.3 Å². The number of nitrogens with zero attached hydrogens (tertiary/aromatic N) is 2. The maximum absolute atomic E-state index is 13.3. The molecule has 1 aliphatic rings. The van der Waals surface area contributed by atoms with Gasteiger partial charge in [0, 0.05) is 18.5 Å². The fourth-order valence-corrected chi connectivity index (χ4v) is 4.92. The van der Waals surface area contributed by atoms with Crippen LogP contribution in [-0.4, -0.2) is 18.1 Å². The number of aromatic nitrogens is 1. The van der Waals surface area contributed by atoms with Crippen molar-refractivity contribution in [1.29, 1.82) is 0 Å². The molecule has 0 aliphatic heterocycles. The number of rotatable bonds is 7. The summed E-state index contributed by atoms with van der Waals surface area (Å²) in [4.78, 5) is 7.08. The molecule has 1 saturated carbocycles. The third-order valence-corrected chi connectivity index (χ3v) is 6.75. The third kappa shape index (κ3) is 6.08. The highest BCUT2D eigenvalue weighted by Crippen LogP contribution is 2.37. The van der Waals surface area contributed by atoms with Crippen LogP contribution in [0.15, 0.2) is 48.5 Å². The first kappa shape index (κ1) is 25.3. The molecule has 0 saturated heterocycles. The molecule has 4 rings (SSSR count). The molecule has 0 spiro atoms. The Hall–Kier alpha value is -2.77. The van der Waals surface area contributed by atoms with Crippen LogP contribution in [-0.2, 0) is 25.2 Å². The molecule has 1 aromatic heterocycles. The van der Waals surface area contributed by atoms with E-state index in [2.05, 4.69) is 4.90 Å². The Morgan fingerprint density at radius 3 is 2.09 bits per heavy atom. The SMILES string of the molecule is CCN(CC1CCCC1)c1nc2ccccc2cc1CCc1cc(C(F)(F)F)cc(C(F)(F)F)c1. The van der Waals surface area contributed by atoms with Gasteiger partial charge in [-0.25, -0.2) is 4.98 Å². The first-order valence-electron chi connectivity index (χ1n) is 12.0. The van der Waals surface area contributed by atoms with Gasteiger partial charge >= 0.3 is 12.4 Å². The zero-order chi connectivity index (χ0) is 25.2. The van der Waals surface area contributed by atoms with E-state index >= 15 is 0 Å². The lowest BCUT2D eigenvalue weighted by molar-refractivity contribution is -0.143. The molecule has 188 valence electrons. The number of pyridine rings is 1. The van der Waals surface area contributed by atoms with Crippen LogP contribution in [0, 0.1) is 5.92 Å². The fraction of sp³-hybridized carbons (Fsp3) is 0.444. The summed E-state index contributed by atoms with van der Waals surface area (Å²) in [5, 5.41) is 0.892. The molecule has 1 aliphatic carbocycles. The number of hydrogen-bond acceptors (Lipinski definition) is 2. The number of halogens is 6. The number of alkyl halides is 6. The summed E-state index contributed by atoms with van der Waals surface area (Å²) in [6, 6.07) is 11.4. The van der Waals surface area contributed by atoms with Gasteiger partial charge in [-0.1, -0.05) is 31.0 Å². The molecule has 35 heavy (non-hydrogen) atoms. The van der Waals surface area contributed by atoms with Crippen LogP contribution in [0.1, 0.15) is 54.9 Å². The molecule has 1 fully saturated rings. The predicted octanol–water partition coefficient (Wildman–Crippen LogP) is 8.07. The monoisotopic (exact) mass is 494 g/mol. The lowest BCUT2D eigenvalue weighted by atomic mass is 9.98. The van der Waals surface area contributed by atoms with E-state index in [4.69, 9.17) is 4.98 Å². The van der Waals surface area contributed by atoms with Gasteiger partial charge in [-0.15, -0.1) is 0 Å². The molecule has 0 radical (unpaired) electrons. The van der Waals surface area contributed by atoms with Crippen molar-refractivity contribution in [3.05, 3.63) is 70.8 Å². The standard InChI is InChI=1S/C27H28F6N2/c1-2-35(17-18-7-3-4-8-18)25-21(15-20-9-5-6-10-24(20)34-25)12-11-19-13-22(26(28,29)30)16-23(14-19)27(31,32)33/h5-6,9-10,13-16,18H,2-4,7-8,11-12,17H2,1H3. The molecule has 0 N–H and O–H groups in total. The number of anilines is 1. The van der Waals surface area contributed by atoms with E-state index in [1.807, 2.05) is 37.3 Å². The summed E-state index contributed by atoms with van der Waals surface area (Å²) in [5.74, 6) is 1.33. The van der Waals surface area contributed by atoms with E-state index in [9.17, 15) is 26.3 Å². The molecular formula is C27H28F6N2. The van der Waals surface area contributed by atoms with E-state index in [1.165, 1.54) is 12.8 Å². The maximum atomic E-state index is 13.3. The second kappa shape index (κ2) is 10.1. The third-order valence-electron chi connectivity index (χ3n) is 6.75. The van der Waals surface area contributed by atoms with Crippen molar-refractivity contribution in [3.63, 3.8) is 0 Å². The van der Waals surface area contributed by atoms with Crippen LogP contribution in [0.2, 0.25) is 0 Å². The summed E-state index contributed by atoms with van der Waals surface area (Å²) in [6.07, 6.45) is -4.66. The first-order chi connectivity index (χ1) is 16.5. The van der Waals surface area contributed by atoms with Gasteiger partial charge < -0.3 is 4.90 Å². The second-order valence-corrected chi connectivity index (χ2v) is 9.27. The largest absolute Gasteiger partial charge is 0.416 e. The number of para-hydroxylation sites is 1. The molecule has 2 nitrogen and oxygen atoms in total. The van der Waals surface area contributed by atoms with Crippen LogP contribution < -0.4 is 4.90 Å². The summed E-state index contributed by atoms with van der Waals surface area (Å²) >= 11 is 0. The van der Waals surface area contributed by atoms with Gasteiger partial charge in [0.1, 0.15) is 5.82 Å². The van der Waals surface area contributed by atoms with Crippen molar-refractivity contribution in [2.75, 3.05) is 18.0 Å². The highest BCUT2D eigenvalue weighted by molar-refractivity contribution is 5.81. The Balaban J connectivity index is 1.68. The molecule has 8 heteroatoms. The molecule has 3 aromatic rings. The summed E-state index contributed by atoms with van der Waals surface area (Å²) in [7, 11) is 0. The first-order valence-corrected chi connectivity index (χ1v) is 12.0. The Kier molecular flexibility index (Phi) is 7.29. The number of benzene rings is 2. The molecule has 0 unspecified atom stereocenters. The lowest BCUT2D eigenvalue weighted by Gasteiger charge is -2.28. The Morgan fingerprint density at radius 2 is 1.49 bits per heavy atom. The van der Waals surface area contributed by atoms with E-state index < -0.39 is 23.5 Å². The van der Waals surface area contributed by atoms with Crippen LogP contribution in [0.25, 0.3) is 10.9 Å². The molecule has 0 bridgehead atoms. The van der Waals surface area contributed by atoms with Crippen molar-refractivity contribution in [1.82, 2.24) is 4.98 Å². The summed E-state index contributed by atoms with van der Waals surface area (Å²) in [6.45, 7) is 3.60. The van der Waals surface area contributed by atoms with Gasteiger partial charge in [0.05, 0.1) is 16.6 Å². The van der Waals surface area contributed by atoms with Crippen LogP contribution >= 0.6 is 0 Å². The van der Waals surface area contributed by atoms with Gasteiger partial charge in [-0.05, 0) is 80.0 Å². The Morgan fingerprint density at radius 1 is 0.857 bits per heavy atom. The van der Waals surface area contributed by atoms with E-state index in [0.29, 0.717) is 5.92 Å². The average Bonchev–Trinajstić information content (AvgIpc) is 3.32. The van der Waals surface area contributed by atoms with E-state index in [1.54, 1.807) is 0 Å². The zero-order valence-corrected chi connectivity index (χ0v) is 19.5. The van der Waals surface area contributed by atoms with Crippen molar-refractivity contribution >= 4 is 16.7 Å². The van der Waals surface area contributed by atoms with Gasteiger partial charge in [-0.2, -0.15) is 26.3 Å². The van der Waals surface area contributed by atoms with Crippen molar-refractivity contribution in [3.8, 4) is 0 Å². The van der Waals surface area contributed by atoms with Crippen LogP contribution in [0.4, 0.5) is 32.2 Å². The highest BCUT2D eigenvalue weighted by Gasteiger charge is 2.36. The minimum absolute atomic E-state index is 0.00472. The van der Waals surface area contributed by atoms with E-state index in [-0.39, 0.29) is 24.5 Å².